The maximum atomic E-state index is 15.2. The molecule has 3 aromatic rings. The minimum atomic E-state index is -1.03. The van der Waals surface area contributed by atoms with Crippen molar-refractivity contribution in [2.24, 2.45) is 5.92 Å². The van der Waals surface area contributed by atoms with Gasteiger partial charge < -0.3 is 25.8 Å². The van der Waals surface area contributed by atoms with E-state index in [2.05, 4.69) is 16.0 Å². The molecule has 0 aliphatic carbocycles. The number of imide groups is 1. The second-order valence-corrected chi connectivity index (χ2v) is 9.62. The van der Waals surface area contributed by atoms with E-state index in [1.54, 1.807) is 12.1 Å². The van der Waals surface area contributed by atoms with E-state index in [0.29, 0.717) is 29.1 Å². The topological polar surface area (TPSA) is 120 Å². The number of benzene rings is 3. The zero-order valence-corrected chi connectivity index (χ0v) is 22.9. The van der Waals surface area contributed by atoms with Crippen LogP contribution in [0.15, 0.2) is 48.5 Å². The number of carbonyl (C=O) groups is 3. The number of nitrogens with one attached hydrogen (secondary N) is 3. The highest BCUT2D eigenvalue weighted by molar-refractivity contribution is 6.12. The van der Waals surface area contributed by atoms with E-state index < -0.39 is 29.6 Å². The highest BCUT2D eigenvalue weighted by Crippen LogP contribution is 2.37. The molecule has 0 radical (unpaired) electrons. The van der Waals surface area contributed by atoms with Crippen LogP contribution >= 0.6 is 0 Å². The van der Waals surface area contributed by atoms with E-state index in [0.717, 1.165) is 32.7 Å². The number of anilines is 1. The molecule has 4 amide bonds. The van der Waals surface area contributed by atoms with Crippen molar-refractivity contribution in [3.63, 3.8) is 0 Å². The number of methoxy groups -OCH3 is 1. The molecule has 0 spiro atoms. The predicted molar refractivity (Wildman–Crippen MR) is 150 cm³/mol. The molecule has 40 heavy (non-hydrogen) atoms. The molecule has 4 N–H and O–H groups in total. The third kappa shape index (κ3) is 5.68. The van der Waals surface area contributed by atoms with Crippen molar-refractivity contribution >= 4 is 23.5 Å². The summed E-state index contributed by atoms with van der Waals surface area (Å²) < 4.78 is 20.6. The van der Waals surface area contributed by atoms with Gasteiger partial charge in [0.25, 0.3) is 0 Å². The van der Waals surface area contributed by atoms with Gasteiger partial charge in [-0.25, -0.2) is 9.18 Å². The van der Waals surface area contributed by atoms with Crippen molar-refractivity contribution < 1.29 is 28.6 Å². The van der Waals surface area contributed by atoms with E-state index in [1.165, 1.54) is 20.2 Å². The van der Waals surface area contributed by atoms with Crippen molar-refractivity contribution in [1.82, 2.24) is 15.5 Å². The minimum Gasteiger partial charge on any atom is -0.496 e. The van der Waals surface area contributed by atoms with E-state index in [-0.39, 0.29) is 19.7 Å². The molecular weight excluding hydrogens is 515 g/mol. The van der Waals surface area contributed by atoms with Crippen LogP contribution in [-0.4, -0.2) is 61.7 Å². The molecule has 4 rings (SSSR count). The summed E-state index contributed by atoms with van der Waals surface area (Å²) in [6.45, 7) is 4.29. The fourth-order valence-electron chi connectivity index (χ4n) is 4.87. The molecule has 210 valence electrons. The summed E-state index contributed by atoms with van der Waals surface area (Å²) in [6, 6.07) is 14.0. The van der Waals surface area contributed by atoms with Gasteiger partial charge in [-0.1, -0.05) is 30.3 Å². The molecule has 3 aromatic carbocycles. The third-order valence-electron chi connectivity index (χ3n) is 7.20. The summed E-state index contributed by atoms with van der Waals surface area (Å²) >= 11 is 0. The van der Waals surface area contributed by atoms with E-state index >= 15 is 4.39 Å². The number of hydrogen-bond acceptors (Lipinski definition) is 6. The first-order valence-corrected chi connectivity index (χ1v) is 12.9. The number of carbonyl (C=O) groups excluding carboxylic acids is 3. The van der Waals surface area contributed by atoms with Crippen molar-refractivity contribution in [2.45, 2.75) is 20.4 Å². The number of aliphatic hydroxyl groups excluding tert-OH is 1. The fourth-order valence-corrected chi connectivity index (χ4v) is 4.87. The first-order chi connectivity index (χ1) is 19.2. The number of rotatable bonds is 9. The number of urea groups is 1. The van der Waals surface area contributed by atoms with Gasteiger partial charge in [0, 0.05) is 37.9 Å². The molecule has 0 bridgehead atoms. The molecule has 1 aliphatic rings. The summed E-state index contributed by atoms with van der Waals surface area (Å²) in [5.74, 6) is -2.09. The Labute approximate surface area is 232 Å². The van der Waals surface area contributed by atoms with Crippen LogP contribution in [0.3, 0.4) is 0 Å². The third-order valence-corrected chi connectivity index (χ3v) is 7.20. The predicted octanol–water partition coefficient (Wildman–Crippen LogP) is 3.60. The molecule has 1 fully saturated rings. The van der Waals surface area contributed by atoms with Gasteiger partial charge in [0.05, 0.1) is 13.7 Å². The highest BCUT2D eigenvalue weighted by Gasteiger charge is 2.36. The Morgan fingerprint density at radius 3 is 2.48 bits per heavy atom. The Balaban J connectivity index is 1.65. The second kappa shape index (κ2) is 12.3. The van der Waals surface area contributed by atoms with Crippen molar-refractivity contribution in [1.29, 1.82) is 0 Å². The van der Waals surface area contributed by atoms with Crippen LogP contribution in [0.2, 0.25) is 0 Å². The van der Waals surface area contributed by atoms with Gasteiger partial charge in [-0.2, -0.15) is 0 Å². The normalized spacial score (nSPS) is 15.2. The van der Waals surface area contributed by atoms with Gasteiger partial charge in [0.1, 0.15) is 17.5 Å². The van der Waals surface area contributed by atoms with Crippen LogP contribution in [0, 0.1) is 25.6 Å². The van der Waals surface area contributed by atoms with E-state index in [9.17, 15) is 14.4 Å². The molecule has 0 saturated carbocycles. The highest BCUT2D eigenvalue weighted by atomic mass is 19.1. The smallest absolute Gasteiger partial charge is 0.323 e. The Kier molecular flexibility index (Phi) is 8.81. The van der Waals surface area contributed by atoms with Gasteiger partial charge in [-0.15, -0.1) is 0 Å². The lowest BCUT2D eigenvalue weighted by molar-refractivity contribution is -0.138. The van der Waals surface area contributed by atoms with E-state index in [1.807, 2.05) is 44.2 Å². The Bertz CT molecular complexity index is 1460. The fraction of sp³-hybridized carbons (Fsp3) is 0.300. The number of ether oxygens (including phenoxy) is 1. The van der Waals surface area contributed by atoms with E-state index in [4.69, 9.17) is 9.84 Å². The van der Waals surface area contributed by atoms with Crippen molar-refractivity contribution in [2.75, 3.05) is 39.2 Å². The number of nitrogens with zero attached hydrogens (tertiary/aromatic N) is 1. The molecule has 1 unspecified atom stereocenters. The molecule has 1 saturated heterocycles. The molecule has 10 heteroatoms. The lowest BCUT2D eigenvalue weighted by atomic mass is 9.90. The SMILES string of the molecule is COc1cc(-c2cccc(-c3cccc(NC(=O)C4CNC(=O)N(C)C4=O)c3C)c2C)cc(F)c1CNCCO. The van der Waals surface area contributed by atoms with Gasteiger partial charge in [0.15, 0.2) is 0 Å². The largest absolute Gasteiger partial charge is 0.496 e. The Hall–Kier alpha value is -4.28. The van der Waals surface area contributed by atoms with Crippen LogP contribution in [0.4, 0.5) is 14.9 Å². The Morgan fingerprint density at radius 2 is 1.77 bits per heavy atom. The quantitative estimate of drug-likeness (QED) is 0.240. The van der Waals surface area contributed by atoms with Gasteiger partial charge in [-0.05, 0) is 65.4 Å². The van der Waals surface area contributed by atoms with Crippen LogP contribution < -0.4 is 20.7 Å². The molecule has 9 nitrogen and oxygen atoms in total. The number of hydrogen-bond donors (Lipinski definition) is 4. The van der Waals surface area contributed by atoms with Crippen LogP contribution in [0.5, 0.6) is 5.75 Å². The lowest BCUT2D eigenvalue weighted by Gasteiger charge is -2.28. The summed E-state index contributed by atoms with van der Waals surface area (Å²) in [4.78, 5) is 38.0. The molecule has 1 aliphatic heterocycles. The Morgan fingerprint density at radius 1 is 1.10 bits per heavy atom. The summed E-state index contributed by atoms with van der Waals surface area (Å²) in [5, 5.41) is 17.4. The molecule has 0 aromatic heterocycles. The summed E-state index contributed by atoms with van der Waals surface area (Å²) in [7, 11) is 2.83. The summed E-state index contributed by atoms with van der Waals surface area (Å²) in [5.41, 5.74) is 5.89. The van der Waals surface area contributed by atoms with Crippen LogP contribution in [0.25, 0.3) is 22.3 Å². The number of amides is 4. The first kappa shape index (κ1) is 28.7. The molecule has 1 atom stereocenters. The van der Waals surface area contributed by atoms with Crippen molar-refractivity contribution in [3.05, 3.63) is 71.0 Å². The van der Waals surface area contributed by atoms with Gasteiger partial charge in [-0.3, -0.25) is 14.5 Å². The standard InChI is InChI=1S/C30H33FN4O5/c1-17-20(19-13-25(31)23(15-32-11-12-36)27(14-19)40-4)7-5-8-21(17)22-9-6-10-26(18(22)2)34-28(37)24-16-33-30(39)35(3)29(24)38/h5-10,13-14,24,32,36H,11-12,15-16H2,1-4H3,(H,33,39)(H,34,37). The monoisotopic (exact) mass is 548 g/mol. The first-order valence-electron chi connectivity index (χ1n) is 12.9. The average Bonchev–Trinajstić information content (AvgIpc) is 2.94. The summed E-state index contributed by atoms with van der Waals surface area (Å²) in [6.07, 6.45) is 0. The average molecular weight is 549 g/mol. The number of aliphatic hydroxyl groups is 1. The van der Waals surface area contributed by atoms with Crippen LogP contribution in [-0.2, 0) is 16.1 Å². The van der Waals surface area contributed by atoms with Gasteiger partial charge in [0.2, 0.25) is 11.8 Å². The molecular formula is C30H33FN4O5. The lowest BCUT2D eigenvalue weighted by Crippen LogP contribution is -2.56. The minimum absolute atomic E-state index is 0.0490. The van der Waals surface area contributed by atoms with Crippen LogP contribution in [0.1, 0.15) is 16.7 Å². The maximum absolute atomic E-state index is 15.2. The van der Waals surface area contributed by atoms with Crippen molar-refractivity contribution in [3.8, 4) is 28.0 Å². The zero-order valence-electron chi connectivity index (χ0n) is 22.9. The molecule has 1 heterocycles. The zero-order chi connectivity index (χ0) is 29.0. The number of halogens is 1. The maximum Gasteiger partial charge on any atom is 0.323 e. The second-order valence-electron chi connectivity index (χ2n) is 9.62. The van der Waals surface area contributed by atoms with Gasteiger partial charge >= 0.3 is 6.03 Å².